The lowest BCUT2D eigenvalue weighted by Gasteiger charge is -2.37. The summed E-state index contributed by atoms with van der Waals surface area (Å²) in [5.41, 5.74) is 4.72. The fourth-order valence-corrected chi connectivity index (χ4v) is 15.1. The predicted molar refractivity (Wildman–Crippen MR) is 344 cm³/mol. The van der Waals surface area contributed by atoms with Crippen LogP contribution in [0.4, 0.5) is 0 Å². The zero-order chi connectivity index (χ0) is 60.3. The van der Waals surface area contributed by atoms with E-state index in [1.54, 1.807) is 36.4 Å². The number of rotatable bonds is 14. The van der Waals surface area contributed by atoms with E-state index in [2.05, 4.69) is 54.9 Å². The summed E-state index contributed by atoms with van der Waals surface area (Å²) < 4.78 is 11.5. The number of likely N-dealkylation sites (tertiary alicyclic amines) is 1. The Hall–Kier alpha value is -6.30. The smallest absolute Gasteiger partial charge is 0.344 e. The minimum Gasteiger partial charge on any atom is -0.508 e. The van der Waals surface area contributed by atoms with Crippen molar-refractivity contribution >= 4 is 92.1 Å². The lowest BCUT2D eigenvalue weighted by atomic mass is 9.81. The van der Waals surface area contributed by atoms with Crippen LogP contribution in [0.25, 0.3) is 0 Å². The number of nitrogens with one attached hydrogen (secondary N) is 1. The highest BCUT2D eigenvalue weighted by molar-refractivity contribution is 8.18. The van der Waals surface area contributed by atoms with Gasteiger partial charge >= 0.3 is 5.97 Å². The molecule has 0 aliphatic carbocycles. The summed E-state index contributed by atoms with van der Waals surface area (Å²) in [6.45, 7) is 15.4. The molecular weight excluding hydrogens is 1190 g/mol. The highest BCUT2D eigenvalue weighted by atomic mass is 35.5. The maximum Gasteiger partial charge on any atom is 0.344 e. The molecule has 0 bridgehead atoms. The van der Waals surface area contributed by atoms with Crippen molar-refractivity contribution in [3.05, 3.63) is 209 Å². The van der Waals surface area contributed by atoms with Gasteiger partial charge in [0, 0.05) is 56.2 Å². The van der Waals surface area contributed by atoms with Crippen molar-refractivity contribution in [2.45, 2.75) is 102 Å². The van der Waals surface area contributed by atoms with E-state index in [1.165, 1.54) is 36.4 Å². The quantitative estimate of drug-likeness (QED) is 0.0819. The molecule has 0 spiro atoms. The van der Waals surface area contributed by atoms with Gasteiger partial charge in [-0.15, -0.1) is 0 Å². The molecule has 1 amide bonds. The molecule has 6 aliphatic heterocycles. The Morgan fingerprint density at radius 2 is 1.05 bits per heavy atom. The van der Waals surface area contributed by atoms with Crippen molar-refractivity contribution in [2.75, 3.05) is 26.3 Å². The second-order valence-corrected chi connectivity index (χ2v) is 26.4. The molecule has 2 saturated heterocycles. The fourth-order valence-electron chi connectivity index (χ4n) is 12.0. The van der Waals surface area contributed by atoms with Gasteiger partial charge in [0.25, 0.3) is 5.91 Å². The van der Waals surface area contributed by atoms with Crippen molar-refractivity contribution in [2.24, 2.45) is 21.8 Å². The third-order valence-corrected chi connectivity index (χ3v) is 19.2. The Bertz CT molecular complexity index is 3540. The first-order valence-electron chi connectivity index (χ1n) is 28.5. The number of carboxylic acid groups (broad SMARTS) is 1. The van der Waals surface area contributed by atoms with Crippen molar-refractivity contribution in [1.29, 1.82) is 0 Å². The van der Waals surface area contributed by atoms with Crippen LogP contribution in [0.15, 0.2) is 177 Å². The number of aromatic hydroxyl groups is 2. The van der Waals surface area contributed by atoms with Gasteiger partial charge in [0.15, 0.2) is 10.3 Å². The molecule has 0 aromatic heterocycles. The van der Waals surface area contributed by atoms with Crippen molar-refractivity contribution in [3.8, 4) is 23.0 Å². The van der Waals surface area contributed by atoms with E-state index in [0.717, 1.165) is 68.9 Å². The lowest BCUT2D eigenvalue weighted by Crippen LogP contribution is -2.40. The summed E-state index contributed by atoms with van der Waals surface area (Å²) in [5.74, 6) is 0.946. The number of phenols is 2. The number of carboxylic acids is 1. The van der Waals surface area contributed by atoms with Crippen molar-refractivity contribution < 1.29 is 34.4 Å². The number of halogens is 4. The minimum atomic E-state index is -0.918. The highest BCUT2D eigenvalue weighted by Gasteiger charge is 2.55. The Labute approximate surface area is 525 Å². The molecule has 0 unspecified atom stereocenters. The Balaban J connectivity index is 0.000000160. The number of nitrogens with zero attached hydrogens (tertiary/aromatic N) is 5. The number of amidine groups is 2. The van der Waals surface area contributed by atoms with Gasteiger partial charge in [-0.3, -0.25) is 4.79 Å². The first-order valence-corrected chi connectivity index (χ1v) is 31.6. The van der Waals surface area contributed by atoms with Gasteiger partial charge < -0.3 is 44.8 Å². The Morgan fingerprint density at radius 1 is 0.612 bits per heavy atom. The largest absolute Gasteiger partial charge is 0.508 e. The minimum absolute atomic E-state index is 0.0193. The standard InChI is InChI=1S/C33H33Cl2N3O3S.C22H20Cl2N2O2S.C11H15NO2/c1-20(2)28-29(31(40)37-17-5-6-25(37)19-41-27-8-4-7-26(39)18-27)42-32-36-33(3,22-11-15-24(35)16-12-22)30(38(28)32)21-9-13-23(34)14-10-21;1-12(2)17-18(20(27)28)29-21-25-22(3,14-6-10-16(24)11-7-14)19(26(17)21)13-4-8-15(23)9-5-13;13-10-4-1-5-11(7-10)14-8-9-3-2-6-12-9/h4,7-16,18,20,25,30,39H,5-6,17,19H2,1-3H3;4-12,19H,1-3H3,(H,27,28);1,4-5,7,9,12-13H,2-3,6,8H2/t25-,30+,33-;19-,22+;9-/m010/s1. The van der Waals surface area contributed by atoms with Crippen LogP contribution in [0.5, 0.6) is 23.0 Å². The van der Waals surface area contributed by atoms with Gasteiger partial charge in [-0.05, 0) is 176 Å². The number of amides is 1. The van der Waals surface area contributed by atoms with E-state index in [-0.39, 0.29) is 47.4 Å². The third kappa shape index (κ3) is 13.3. The SMILES string of the molecule is CC(C)C1=C(C(=O)N2CCC[C@H]2COc2cccc(O)c2)SC2=N[C@@](C)(c3ccc(Cl)cc3)[C@@H](c3ccc(Cl)cc3)N21.CC(C)C1=C(C(=O)O)SC2=N[C@@](C)(c3ccc(Cl)cc3)[C@@H](c3ccc(Cl)cc3)N21.Oc1cccc(OC[C@@H]2CCCN2)c1. The molecule has 6 heterocycles. The summed E-state index contributed by atoms with van der Waals surface area (Å²) in [6.07, 6.45) is 4.19. The summed E-state index contributed by atoms with van der Waals surface area (Å²) in [4.78, 5) is 43.9. The molecule has 19 heteroatoms. The number of benzene rings is 6. The van der Waals surface area contributed by atoms with Crippen LogP contribution in [-0.2, 0) is 20.7 Å². The highest BCUT2D eigenvalue weighted by Crippen LogP contribution is 2.58. The van der Waals surface area contributed by atoms with Crippen LogP contribution in [-0.4, -0.2) is 90.6 Å². The van der Waals surface area contributed by atoms with Crippen LogP contribution in [0.2, 0.25) is 20.1 Å². The van der Waals surface area contributed by atoms with E-state index in [4.69, 9.17) is 65.9 Å². The molecule has 6 aliphatic rings. The average molecular weight is 1260 g/mol. The number of phenolic OH excluding ortho intramolecular Hbond substituents is 2. The maximum atomic E-state index is 14.3. The molecular formula is C66H68Cl4N6O7S2. The number of carbonyl (C=O) groups excluding carboxylic acids is 1. The molecule has 85 heavy (non-hydrogen) atoms. The maximum absolute atomic E-state index is 14.3. The molecule has 2 fully saturated rings. The molecule has 0 radical (unpaired) electrons. The predicted octanol–water partition coefficient (Wildman–Crippen LogP) is 15.9. The van der Waals surface area contributed by atoms with E-state index >= 15 is 0 Å². The normalized spacial score (nSPS) is 23.1. The molecule has 12 rings (SSSR count). The number of hydrogen-bond donors (Lipinski definition) is 4. The number of ether oxygens (including phenoxy) is 2. The van der Waals surface area contributed by atoms with Crippen LogP contribution < -0.4 is 14.8 Å². The van der Waals surface area contributed by atoms with E-state index in [0.29, 0.717) is 61.7 Å². The molecule has 6 aromatic rings. The lowest BCUT2D eigenvalue weighted by molar-refractivity contribution is -0.132. The first kappa shape index (κ1) is 61.8. The molecule has 6 aromatic carbocycles. The molecule has 0 saturated carbocycles. The summed E-state index contributed by atoms with van der Waals surface area (Å²) in [5, 5.41) is 36.3. The van der Waals surface area contributed by atoms with Crippen LogP contribution >= 0.6 is 69.9 Å². The van der Waals surface area contributed by atoms with Gasteiger partial charge in [0.05, 0.1) is 18.1 Å². The van der Waals surface area contributed by atoms with Crippen LogP contribution in [0, 0.1) is 11.8 Å². The number of aliphatic carboxylic acids is 1. The van der Waals surface area contributed by atoms with Crippen molar-refractivity contribution in [3.63, 3.8) is 0 Å². The van der Waals surface area contributed by atoms with E-state index < -0.39 is 17.0 Å². The molecule has 4 N–H and O–H groups in total. The van der Waals surface area contributed by atoms with Gasteiger partial charge in [0.1, 0.15) is 57.1 Å². The van der Waals surface area contributed by atoms with Gasteiger partial charge in [0.2, 0.25) is 0 Å². The number of aliphatic imine (C=N–C) groups is 2. The van der Waals surface area contributed by atoms with Crippen LogP contribution in [0.3, 0.4) is 0 Å². The molecule has 444 valence electrons. The fraction of sp³-hybridized carbons (Fsp3) is 0.333. The Kier molecular flexibility index (Phi) is 19.2. The second kappa shape index (κ2) is 26.4. The van der Waals surface area contributed by atoms with Crippen molar-refractivity contribution in [1.82, 2.24) is 20.0 Å². The second-order valence-electron chi connectivity index (χ2n) is 22.7. The third-order valence-electron chi connectivity index (χ3n) is 16.1. The van der Waals surface area contributed by atoms with Crippen LogP contribution in [0.1, 0.15) is 102 Å². The summed E-state index contributed by atoms with van der Waals surface area (Å²) >= 11 is 27.5. The van der Waals surface area contributed by atoms with Gasteiger partial charge in [-0.25, -0.2) is 14.8 Å². The number of fused-ring (bicyclic) bond motifs is 2. The number of thioether (sulfide) groups is 2. The summed E-state index contributed by atoms with van der Waals surface area (Å²) in [6, 6.07) is 44.9. The molecule has 6 atom stereocenters. The molecule has 13 nitrogen and oxygen atoms in total. The van der Waals surface area contributed by atoms with Gasteiger partial charge in [-0.1, -0.05) is 135 Å². The topological polar surface area (TPSA) is 160 Å². The summed E-state index contributed by atoms with van der Waals surface area (Å²) in [7, 11) is 0. The first-order chi connectivity index (χ1) is 40.7. The average Bonchev–Trinajstić information content (AvgIpc) is 1.76. The Morgan fingerprint density at radius 3 is 1.47 bits per heavy atom. The van der Waals surface area contributed by atoms with E-state index in [1.807, 2.05) is 116 Å². The van der Waals surface area contributed by atoms with E-state index in [9.17, 15) is 24.9 Å². The number of carbonyl (C=O) groups is 2. The number of hydrogen-bond acceptors (Lipinski definition) is 13. The number of allylic oxidation sites excluding steroid dienone is 2. The zero-order valence-electron chi connectivity index (χ0n) is 48.0. The monoisotopic (exact) mass is 1260 g/mol. The van der Waals surface area contributed by atoms with Gasteiger partial charge in [-0.2, -0.15) is 0 Å². The zero-order valence-corrected chi connectivity index (χ0v) is 52.7.